The number of nitrogens with zero attached hydrogens (tertiary/aromatic N) is 2. The van der Waals surface area contributed by atoms with E-state index in [1.54, 1.807) is 11.3 Å². The second-order valence-corrected chi connectivity index (χ2v) is 6.19. The first-order valence-corrected chi connectivity index (χ1v) is 7.30. The molecule has 0 spiro atoms. The Labute approximate surface area is 107 Å². The zero-order chi connectivity index (χ0) is 12.3. The summed E-state index contributed by atoms with van der Waals surface area (Å²) in [6, 6.07) is 0.335. The number of aliphatic hydroxyl groups excluding tert-OH is 1. The second-order valence-electron chi connectivity index (χ2n) is 4.91. The SMILES string of the molecule is Cc1nc(CN2CCCCCC2CO)sc1C. The molecule has 0 radical (unpaired) electrons. The maximum Gasteiger partial charge on any atom is 0.107 e. The minimum atomic E-state index is 0.281. The molecule has 1 aliphatic heterocycles. The van der Waals surface area contributed by atoms with Crippen molar-refractivity contribution in [3.8, 4) is 0 Å². The number of hydrogen-bond donors (Lipinski definition) is 1. The third-order valence-electron chi connectivity index (χ3n) is 3.62. The Kier molecular flexibility index (Phi) is 4.54. The molecule has 0 saturated carbocycles. The van der Waals surface area contributed by atoms with Gasteiger partial charge in [-0.25, -0.2) is 4.98 Å². The summed E-state index contributed by atoms with van der Waals surface area (Å²) in [6.45, 7) is 6.49. The molecule has 17 heavy (non-hydrogen) atoms. The molecular formula is C13H22N2OS. The smallest absolute Gasteiger partial charge is 0.107 e. The summed E-state index contributed by atoms with van der Waals surface area (Å²) in [6.07, 6.45) is 4.92. The third-order valence-corrected chi connectivity index (χ3v) is 4.68. The summed E-state index contributed by atoms with van der Waals surface area (Å²) < 4.78 is 0. The first-order chi connectivity index (χ1) is 8.20. The Morgan fingerprint density at radius 3 is 2.82 bits per heavy atom. The quantitative estimate of drug-likeness (QED) is 0.900. The van der Waals surface area contributed by atoms with Gasteiger partial charge in [0.2, 0.25) is 0 Å². The van der Waals surface area contributed by atoms with E-state index >= 15 is 0 Å². The van der Waals surface area contributed by atoms with E-state index in [1.807, 2.05) is 0 Å². The highest BCUT2D eigenvalue weighted by molar-refractivity contribution is 7.11. The second kappa shape index (κ2) is 5.94. The third kappa shape index (κ3) is 3.27. The average Bonchev–Trinajstić information content (AvgIpc) is 2.53. The molecule has 0 aliphatic carbocycles. The van der Waals surface area contributed by atoms with E-state index in [2.05, 4.69) is 23.7 Å². The molecule has 0 bridgehead atoms. The van der Waals surface area contributed by atoms with Crippen molar-refractivity contribution in [3.05, 3.63) is 15.6 Å². The van der Waals surface area contributed by atoms with E-state index in [0.717, 1.165) is 25.2 Å². The predicted octanol–water partition coefficient (Wildman–Crippen LogP) is 2.50. The van der Waals surface area contributed by atoms with Crippen LogP contribution in [0.15, 0.2) is 0 Å². The number of rotatable bonds is 3. The summed E-state index contributed by atoms with van der Waals surface area (Å²) in [5.41, 5.74) is 1.15. The van der Waals surface area contributed by atoms with Crippen molar-refractivity contribution in [2.24, 2.45) is 0 Å². The van der Waals surface area contributed by atoms with Gasteiger partial charge >= 0.3 is 0 Å². The molecule has 0 aromatic carbocycles. The van der Waals surface area contributed by atoms with Gasteiger partial charge in [0.15, 0.2) is 0 Å². The van der Waals surface area contributed by atoms with Crippen molar-refractivity contribution in [2.75, 3.05) is 13.2 Å². The first kappa shape index (κ1) is 13.0. The number of aliphatic hydroxyl groups is 1. The molecule has 1 atom stereocenters. The fraction of sp³-hybridized carbons (Fsp3) is 0.769. The highest BCUT2D eigenvalue weighted by atomic mass is 32.1. The van der Waals surface area contributed by atoms with E-state index in [4.69, 9.17) is 0 Å². The van der Waals surface area contributed by atoms with Crippen LogP contribution in [-0.4, -0.2) is 34.2 Å². The topological polar surface area (TPSA) is 36.4 Å². The van der Waals surface area contributed by atoms with Gasteiger partial charge in [0, 0.05) is 10.9 Å². The number of thiazole rings is 1. The average molecular weight is 254 g/mol. The molecule has 1 N–H and O–H groups in total. The van der Waals surface area contributed by atoms with Crippen LogP contribution in [0.5, 0.6) is 0 Å². The molecule has 0 amide bonds. The summed E-state index contributed by atoms with van der Waals surface area (Å²) in [5.74, 6) is 0. The standard InChI is InChI=1S/C13H22N2OS/c1-10-11(2)17-13(14-10)8-15-7-5-3-4-6-12(15)9-16/h12,16H,3-9H2,1-2H3. The van der Waals surface area contributed by atoms with Crippen LogP contribution in [0.4, 0.5) is 0 Å². The molecule has 1 saturated heterocycles. The Hall–Kier alpha value is -0.450. The maximum atomic E-state index is 9.47. The minimum absolute atomic E-state index is 0.281. The van der Waals surface area contributed by atoms with Crippen molar-refractivity contribution in [2.45, 2.75) is 52.1 Å². The van der Waals surface area contributed by atoms with Crippen LogP contribution < -0.4 is 0 Å². The summed E-state index contributed by atoms with van der Waals surface area (Å²) in [5, 5.41) is 10.7. The summed E-state index contributed by atoms with van der Waals surface area (Å²) in [4.78, 5) is 8.32. The Morgan fingerprint density at radius 1 is 1.35 bits per heavy atom. The van der Waals surface area contributed by atoms with Crippen molar-refractivity contribution < 1.29 is 5.11 Å². The Bertz CT molecular complexity index is 345. The molecule has 1 aromatic rings. The lowest BCUT2D eigenvalue weighted by molar-refractivity contribution is 0.118. The number of likely N-dealkylation sites (tertiary alicyclic amines) is 1. The highest BCUT2D eigenvalue weighted by Gasteiger charge is 2.21. The molecular weight excluding hydrogens is 232 g/mol. The lowest BCUT2D eigenvalue weighted by atomic mass is 10.1. The number of aryl methyl sites for hydroxylation is 2. The Balaban J connectivity index is 2.04. The molecule has 2 rings (SSSR count). The molecule has 96 valence electrons. The van der Waals surface area contributed by atoms with Crippen LogP contribution >= 0.6 is 11.3 Å². The van der Waals surface area contributed by atoms with Crippen LogP contribution in [0.25, 0.3) is 0 Å². The van der Waals surface area contributed by atoms with E-state index in [9.17, 15) is 5.11 Å². The van der Waals surface area contributed by atoms with Gasteiger partial charge in [-0.05, 0) is 33.2 Å². The molecule has 1 aromatic heterocycles. The van der Waals surface area contributed by atoms with Gasteiger partial charge in [0.25, 0.3) is 0 Å². The first-order valence-electron chi connectivity index (χ1n) is 6.48. The van der Waals surface area contributed by atoms with Gasteiger partial charge in [0.1, 0.15) is 5.01 Å². The summed E-state index contributed by atoms with van der Waals surface area (Å²) in [7, 11) is 0. The fourth-order valence-electron chi connectivity index (χ4n) is 2.43. The number of aromatic nitrogens is 1. The van der Waals surface area contributed by atoms with Crippen LogP contribution in [-0.2, 0) is 6.54 Å². The molecule has 4 heteroatoms. The lowest BCUT2D eigenvalue weighted by Gasteiger charge is -2.27. The van der Waals surface area contributed by atoms with Crippen LogP contribution in [0.3, 0.4) is 0 Å². The van der Waals surface area contributed by atoms with Crippen LogP contribution in [0, 0.1) is 13.8 Å². The fourth-order valence-corrected chi connectivity index (χ4v) is 3.39. The van der Waals surface area contributed by atoms with E-state index < -0.39 is 0 Å². The minimum Gasteiger partial charge on any atom is -0.395 e. The van der Waals surface area contributed by atoms with E-state index in [1.165, 1.54) is 29.1 Å². The van der Waals surface area contributed by atoms with E-state index in [-0.39, 0.29) is 6.61 Å². The van der Waals surface area contributed by atoms with Crippen LogP contribution in [0.2, 0.25) is 0 Å². The largest absolute Gasteiger partial charge is 0.395 e. The Morgan fingerprint density at radius 2 is 2.18 bits per heavy atom. The van der Waals surface area contributed by atoms with Crippen LogP contribution in [0.1, 0.15) is 41.3 Å². The van der Waals surface area contributed by atoms with Gasteiger partial charge in [-0.15, -0.1) is 11.3 Å². The summed E-state index contributed by atoms with van der Waals surface area (Å²) >= 11 is 1.79. The van der Waals surface area contributed by atoms with Gasteiger partial charge in [-0.2, -0.15) is 0 Å². The normalized spacial score (nSPS) is 22.6. The van der Waals surface area contributed by atoms with E-state index in [0.29, 0.717) is 6.04 Å². The van der Waals surface area contributed by atoms with Crippen molar-refractivity contribution >= 4 is 11.3 Å². The molecule has 2 heterocycles. The van der Waals surface area contributed by atoms with Gasteiger partial charge in [0.05, 0.1) is 18.8 Å². The molecule has 1 aliphatic rings. The zero-order valence-corrected chi connectivity index (χ0v) is 11.6. The van der Waals surface area contributed by atoms with Gasteiger partial charge in [-0.3, -0.25) is 4.90 Å². The van der Waals surface area contributed by atoms with Crippen molar-refractivity contribution in [3.63, 3.8) is 0 Å². The number of hydrogen-bond acceptors (Lipinski definition) is 4. The van der Waals surface area contributed by atoms with Crippen molar-refractivity contribution in [1.82, 2.24) is 9.88 Å². The molecule has 3 nitrogen and oxygen atoms in total. The zero-order valence-electron chi connectivity index (χ0n) is 10.8. The maximum absolute atomic E-state index is 9.47. The van der Waals surface area contributed by atoms with Gasteiger partial charge in [-0.1, -0.05) is 12.8 Å². The predicted molar refractivity (Wildman–Crippen MR) is 71.3 cm³/mol. The molecule has 1 unspecified atom stereocenters. The molecule has 1 fully saturated rings. The monoisotopic (exact) mass is 254 g/mol. The van der Waals surface area contributed by atoms with Crippen molar-refractivity contribution in [1.29, 1.82) is 0 Å². The highest BCUT2D eigenvalue weighted by Crippen LogP contribution is 2.22. The lowest BCUT2D eigenvalue weighted by Crippen LogP contribution is -2.36. The van der Waals surface area contributed by atoms with Gasteiger partial charge < -0.3 is 5.11 Å².